The fourth-order valence-electron chi connectivity index (χ4n) is 2.14. The Hall–Kier alpha value is -3.02. The SMILES string of the molecule is O=[N+]([O-])c1ccc(/C=C/C2C=Cc3ccccc3[N+]2=O)o1. The molecule has 2 aromatic rings. The summed E-state index contributed by atoms with van der Waals surface area (Å²) < 4.78 is 5.90. The van der Waals surface area contributed by atoms with Crippen molar-refractivity contribution in [3.63, 3.8) is 0 Å². The molecule has 0 radical (unpaired) electrons. The molecule has 0 amide bonds. The van der Waals surface area contributed by atoms with Crippen molar-refractivity contribution in [2.75, 3.05) is 0 Å². The second kappa shape index (κ2) is 5.16. The molecular formula is C15H11N2O4+. The zero-order valence-electron chi connectivity index (χ0n) is 10.9. The highest BCUT2D eigenvalue weighted by atomic mass is 16.6. The summed E-state index contributed by atoms with van der Waals surface area (Å²) in [5.41, 5.74) is 1.46. The Balaban J connectivity index is 1.81. The van der Waals surface area contributed by atoms with Crippen LogP contribution in [-0.2, 0) is 0 Å². The third-order valence-corrected chi connectivity index (χ3v) is 3.17. The van der Waals surface area contributed by atoms with Gasteiger partial charge >= 0.3 is 5.88 Å². The number of hydrogen-bond acceptors (Lipinski definition) is 4. The smallest absolute Gasteiger partial charge is 0.401 e. The number of benzene rings is 1. The summed E-state index contributed by atoms with van der Waals surface area (Å²) in [6.07, 6.45) is 6.84. The first-order chi connectivity index (χ1) is 10.1. The van der Waals surface area contributed by atoms with E-state index in [2.05, 4.69) is 0 Å². The molecule has 1 unspecified atom stereocenters. The van der Waals surface area contributed by atoms with Crippen LogP contribution in [0.2, 0.25) is 0 Å². The minimum absolute atomic E-state index is 0.321. The molecule has 1 aromatic carbocycles. The summed E-state index contributed by atoms with van der Waals surface area (Å²) in [6, 6.07) is 9.60. The van der Waals surface area contributed by atoms with E-state index in [0.717, 1.165) is 10.3 Å². The molecule has 2 heterocycles. The summed E-state index contributed by atoms with van der Waals surface area (Å²) in [6.45, 7) is 0. The minimum Gasteiger partial charge on any atom is -0.401 e. The number of fused-ring (bicyclic) bond motifs is 1. The van der Waals surface area contributed by atoms with E-state index in [4.69, 9.17) is 4.42 Å². The van der Waals surface area contributed by atoms with Crippen molar-refractivity contribution in [2.45, 2.75) is 6.04 Å². The van der Waals surface area contributed by atoms with Crippen LogP contribution in [0.15, 0.2) is 53.0 Å². The van der Waals surface area contributed by atoms with Crippen LogP contribution in [0.4, 0.5) is 11.6 Å². The summed E-state index contributed by atoms with van der Waals surface area (Å²) >= 11 is 0. The first kappa shape index (κ1) is 13.0. The summed E-state index contributed by atoms with van der Waals surface area (Å²) in [5, 5.41) is 10.5. The fraction of sp³-hybridized carbons (Fsp3) is 0.0667. The monoisotopic (exact) mass is 283 g/mol. The molecule has 0 saturated heterocycles. The van der Waals surface area contributed by atoms with Crippen molar-refractivity contribution in [1.29, 1.82) is 0 Å². The van der Waals surface area contributed by atoms with Crippen molar-refractivity contribution < 1.29 is 14.1 Å². The van der Waals surface area contributed by atoms with Gasteiger partial charge in [0, 0.05) is 15.7 Å². The fourth-order valence-corrected chi connectivity index (χ4v) is 2.14. The molecule has 6 nitrogen and oxygen atoms in total. The van der Waals surface area contributed by atoms with E-state index in [9.17, 15) is 15.0 Å². The van der Waals surface area contributed by atoms with Crippen molar-refractivity contribution >= 4 is 23.7 Å². The van der Waals surface area contributed by atoms with Gasteiger partial charge in [-0.1, -0.05) is 12.1 Å². The zero-order valence-corrected chi connectivity index (χ0v) is 10.9. The largest absolute Gasteiger partial charge is 0.433 e. The van der Waals surface area contributed by atoms with Gasteiger partial charge in [0.1, 0.15) is 10.7 Å². The molecular weight excluding hydrogens is 272 g/mol. The van der Waals surface area contributed by atoms with Crippen molar-refractivity contribution in [1.82, 2.24) is 0 Å². The lowest BCUT2D eigenvalue weighted by atomic mass is 10.1. The van der Waals surface area contributed by atoms with Gasteiger partial charge in [0.25, 0.3) is 5.69 Å². The van der Waals surface area contributed by atoms with Gasteiger partial charge in [0.05, 0.1) is 11.6 Å². The van der Waals surface area contributed by atoms with Gasteiger partial charge in [0.2, 0.25) is 6.04 Å². The van der Waals surface area contributed by atoms with Gasteiger partial charge in [-0.25, -0.2) is 0 Å². The summed E-state index contributed by atoms with van der Waals surface area (Å²) in [4.78, 5) is 22.2. The summed E-state index contributed by atoms with van der Waals surface area (Å²) in [7, 11) is 0. The lowest BCUT2D eigenvalue weighted by Crippen LogP contribution is -2.18. The molecule has 104 valence electrons. The number of rotatable bonds is 3. The molecule has 1 atom stereocenters. The number of para-hydroxylation sites is 1. The van der Waals surface area contributed by atoms with E-state index in [1.807, 2.05) is 18.2 Å². The van der Waals surface area contributed by atoms with Gasteiger partial charge in [-0.15, -0.1) is 0 Å². The van der Waals surface area contributed by atoms with Crippen LogP contribution in [0.3, 0.4) is 0 Å². The number of nitrogens with zero attached hydrogens (tertiary/aromatic N) is 2. The minimum atomic E-state index is -0.603. The molecule has 1 aliphatic heterocycles. The quantitative estimate of drug-likeness (QED) is 0.489. The number of furan rings is 1. The number of hydrogen-bond donors (Lipinski definition) is 0. The van der Waals surface area contributed by atoms with Gasteiger partial charge in [-0.05, 0) is 36.4 Å². The average molecular weight is 283 g/mol. The predicted octanol–water partition coefficient (Wildman–Crippen LogP) is 3.71. The maximum absolute atomic E-state index is 12.2. The molecule has 0 N–H and O–H groups in total. The van der Waals surface area contributed by atoms with Crippen molar-refractivity contribution in [2.24, 2.45) is 0 Å². The Kier molecular flexibility index (Phi) is 3.19. The van der Waals surface area contributed by atoms with Crippen LogP contribution in [0.5, 0.6) is 0 Å². The average Bonchev–Trinajstić information content (AvgIpc) is 2.96. The highest BCUT2D eigenvalue weighted by Crippen LogP contribution is 2.27. The van der Waals surface area contributed by atoms with Crippen LogP contribution >= 0.6 is 0 Å². The van der Waals surface area contributed by atoms with Crippen LogP contribution in [0.1, 0.15) is 11.3 Å². The second-order valence-corrected chi connectivity index (χ2v) is 4.53. The Morgan fingerprint density at radius 3 is 2.81 bits per heavy atom. The van der Waals surface area contributed by atoms with Gasteiger partial charge in [-0.3, -0.25) is 10.1 Å². The van der Waals surface area contributed by atoms with E-state index in [1.165, 1.54) is 12.1 Å². The Morgan fingerprint density at radius 1 is 1.24 bits per heavy atom. The van der Waals surface area contributed by atoms with Gasteiger partial charge < -0.3 is 4.42 Å². The van der Waals surface area contributed by atoms with Crippen molar-refractivity contribution in [3.05, 3.63) is 74.9 Å². The molecule has 1 aromatic heterocycles. The molecule has 0 spiro atoms. The first-order valence-electron chi connectivity index (χ1n) is 6.31. The predicted molar refractivity (Wildman–Crippen MR) is 76.9 cm³/mol. The zero-order chi connectivity index (χ0) is 14.8. The lowest BCUT2D eigenvalue weighted by Gasteiger charge is -2.07. The highest BCUT2D eigenvalue weighted by molar-refractivity contribution is 5.63. The Bertz CT molecular complexity index is 773. The maximum atomic E-state index is 12.2. The van der Waals surface area contributed by atoms with Gasteiger partial charge in [-0.2, -0.15) is 0 Å². The van der Waals surface area contributed by atoms with E-state index in [1.54, 1.807) is 30.4 Å². The molecule has 6 heteroatoms. The standard InChI is InChI=1S/C15H11N2O4/c18-16-12(6-5-11-3-1-2-4-14(11)16)7-8-13-9-10-15(21-13)17(19)20/h1-10,12H/q+1/b8-7+. The van der Waals surface area contributed by atoms with E-state index >= 15 is 0 Å². The maximum Gasteiger partial charge on any atom is 0.433 e. The second-order valence-electron chi connectivity index (χ2n) is 4.53. The third kappa shape index (κ3) is 2.51. The summed E-state index contributed by atoms with van der Waals surface area (Å²) in [5.74, 6) is 0.0144. The van der Waals surface area contributed by atoms with Crippen molar-refractivity contribution in [3.8, 4) is 0 Å². The van der Waals surface area contributed by atoms with E-state index < -0.39 is 11.0 Å². The Morgan fingerprint density at radius 2 is 2.05 bits per heavy atom. The number of nitroso groups, excluding NO2 is 1. The van der Waals surface area contributed by atoms with E-state index in [-0.39, 0.29) is 5.88 Å². The topological polar surface area (TPSA) is 76.4 Å². The lowest BCUT2D eigenvalue weighted by molar-refractivity contribution is -0.481. The molecule has 1 aliphatic rings. The first-order valence-corrected chi connectivity index (χ1v) is 6.31. The van der Waals surface area contributed by atoms with Crippen LogP contribution in [0, 0.1) is 15.0 Å². The normalized spacial score (nSPS) is 17.1. The van der Waals surface area contributed by atoms with Crippen LogP contribution < -0.4 is 0 Å². The third-order valence-electron chi connectivity index (χ3n) is 3.17. The molecule has 3 rings (SSSR count). The van der Waals surface area contributed by atoms with Gasteiger partial charge in [0.15, 0.2) is 0 Å². The molecule has 21 heavy (non-hydrogen) atoms. The van der Waals surface area contributed by atoms with Crippen LogP contribution in [-0.4, -0.2) is 15.7 Å². The molecule has 0 bridgehead atoms. The van der Waals surface area contributed by atoms with Crippen LogP contribution in [0.25, 0.3) is 12.2 Å². The Labute approximate surface area is 119 Å². The molecule has 0 aliphatic carbocycles. The number of nitro groups is 1. The molecule has 0 fully saturated rings. The highest BCUT2D eigenvalue weighted by Gasteiger charge is 2.28. The molecule has 0 saturated carbocycles. The van der Waals surface area contributed by atoms with E-state index in [0.29, 0.717) is 11.4 Å².